The van der Waals surface area contributed by atoms with E-state index in [0.29, 0.717) is 12.2 Å². The van der Waals surface area contributed by atoms with Crippen molar-refractivity contribution in [1.29, 1.82) is 0 Å². The van der Waals surface area contributed by atoms with Gasteiger partial charge in [-0.3, -0.25) is 0 Å². The molecule has 20 heavy (non-hydrogen) atoms. The van der Waals surface area contributed by atoms with Crippen LogP contribution in [0.5, 0.6) is 5.75 Å². The summed E-state index contributed by atoms with van der Waals surface area (Å²) in [5.41, 5.74) is 1.90. The summed E-state index contributed by atoms with van der Waals surface area (Å²) >= 11 is 0. The highest BCUT2D eigenvalue weighted by atomic mass is 16.5. The molecule has 0 radical (unpaired) electrons. The lowest BCUT2D eigenvalue weighted by atomic mass is 10.1. The Morgan fingerprint density at radius 1 is 1.05 bits per heavy atom. The molecule has 0 aromatic heterocycles. The molecule has 0 saturated carbocycles. The second kappa shape index (κ2) is 7.16. The van der Waals surface area contributed by atoms with Crippen LogP contribution in [0.1, 0.15) is 19.8 Å². The Morgan fingerprint density at radius 3 is 2.50 bits per heavy atom. The number of rotatable bonds is 3. The molecule has 2 rings (SSSR count). The molecule has 0 N–H and O–H groups in total. The number of carbonyl (C=O) groups excluding carboxylic acids is 1. The van der Waals surface area contributed by atoms with Crippen molar-refractivity contribution >= 4 is 5.97 Å². The number of hydrogen-bond acceptors (Lipinski definition) is 2. The summed E-state index contributed by atoms with van der Waals surface area (Å²) < 4.78 is 5.33. The fourth-order valence-electron chi connectivity index (χ4n) is 1.80. The van der Waals surface area contributed by atoms with Gasteiger partial charge in [0.2, 0.25) is 0 Å². The molecule has 0 amide bonds. The predicted molar refractivity (Wildman–Crippen MR) is 80.2 cm³/mol. The standard InChI is InChI=1S/C18H16O2/c1-2-3-5-14-18(19)20-17-13-9-8-12-16(17)15-10-6-4-7-11-15/h4,6-13H,2-3H2,1H3. The van der Waals surface area contributed by atoms with Crippen molar-refractivity contribution in [2.45, 2.75) is 19.8 Å². The van der Waals surface area contributed by atoms with Gasteiger partial charge >= 0.3 is 5.97 Å². The van der Waals surface area contributed by atoms with Crippen LogP contribution in [0.2, 0.25) is 0 Å². The molecular weight excluding hydrogens is 248 g/mol. The Hall–Kier alpha value is -2.53. The fraction of sp³-hybridized carbons (Fsp3) is 0.167. The van der Waals surface area contributed by atoms with Gasteiger partial charge in [0.25, 0.3) is 0 Å². The van der Waals surface area contributed by atoms with Crippen LogP contribution in [0, 0.1) is 11.8 Å². The summed E-state index contributed by atoms with van der Waals surface area (Å²) in [5.74, 6) is 5.31. The quantitative estimate of drug-likeness (QED) is 0.361. The summed E-state index contributed by atoms with van der Waals surface area (Å²) in [6, 6.07) is 17.3. The highest BCUT2D eigenvalue weighted by Gasteiger charge is 2.08. The molecule has 0 spiro atoms. The Morgan fingerprint density at radius 2 is 1.75 bits per heavy atom. The molecule has 100 valence electrons. The first kappa shape index (κ1) is 13.9. The van der Waals surface area contributed by atoms with Crippen molar-refractivity contribution in [2.75, 3.05) is 0 Å². The van der Waals surface area contributed by atoms with Crippen LogP contribution >= 0.6 is 0 Å². The molecule has 2 nitrogen and oxygen atoms in total. The van der Waals surface area contributed by atoms with Crippen molar-refractivity contribution in [3.63, 3.8) is 0 Å². The van der Waals surface area contributed by atoms with Crippen LogP contribution < -0.4 is 4.74 Å². The van der Waals surface area contributed by atoms with Gasteiger partial charge in [0, 0.05) is 17.9 Å². The van der Waals surface area contributed by atoms with E-state index < -0.39 is 5.97 Å². The summed E-state index contributed by atoms with van der Waals surface area (Å²) in [5, 5.41) is 0. The molecule has 2 aromatic rings. The smallest absolute Gasteiger partial charge is 0.389 e. The van der Waals surface area contributed by atoms with E-state index >= 15 is 0 Å². The molecule has 0 atom stereocenters. The van der Waals surface area contributed by atoms with Crippen molar-refractivity contribution in [3.05, 3.63) is 54.6 Å². The first-order valence-corrected chi connectivity index (χ1v) is 6.66. The predicted octanol–water partition coefficient (Wildman–Crippen LogP) is 4.06. The average Bonchev–Trinajstić information content (AvgIpc) is 2.49. The maximum absolute atomic E-state index is 11.7. The lowest BCUT2D eigenvalue weighted by Gasteiger charge is -2.08. The van der Waals surface area contributed by atoms with E-state index in [4.69, 9.17) is 4.74 Å². The topological polar surface area (TPSA) is 26.3 Å². The van der Waals surface area contributed by atoms with E-state index in [1.54, 1.807) is 6.07 Å². The third-order valence-electron chi connectivity index (χ3n) is 2.74. The van der Waals surface area contributed by atoms with Gasteiger partial charge in [-0.05, 0) is 18.1 Å². The van der Waals surface area contributed by atoms with Crippen molar-refractivity contribution < 1.29 is 9.53 Å². The molecule has 0 aliphatic heterocycles. The van der Waals surface area contributed by atoms with Crippen molar-refractivity contribution in [3.8, 4) is 28.7 Å². The number of esters is 1. The van der Waals surface area contributed by atoms with Crippen LogP contribution in [0.15, 0.2) is 54.6 Å². The summed E-state index contributed by atoms with van der Waals surface area (Å²) in [7, 11) is 0. The lowest BCUT2D eigenvalue weighted by molar-refractivity contribution is -0.128. The second-order valence-corrected chi connectivity index (χ2v) is 4.30. The van der Waals surface area contributed by atoms with Gasteiger partial charge < -0.3 is 4.74 Å². The number of benzene rings is 2. The molecular formula is C18H16O2. The largest absolute Gasteiger partial charge is 0.416 e. The molecule has 0 aliphatic rings. The van der Waals surface area contributed by atoms with Gasteiger partial charge in [-0.1, -0.05) is 61.4 Å². The molecule has 0 aliphatic carbocycles. The van der Waals surface area contributed by atoms with Gasteiger partial charge in [0.05, 0.1) is 0 Å². The fourth-order valence-corrected chi connectivity index (χ4v) is 1.80. The number of carbonyl (C=O) groups is 1. The molecule has 2 aromatic carbocycles. The molecule has 0 bridgehead atoms. The van der Waals surface area contributed by atoms with E-state index in [0.717, 1.165) is 17.5 Å². The molecule has 2 heteroatoms. The van der Waals surface area contributed by atoms with E-state index in [-0.39, 0.29) is 0 Å². The Balaban J connectivity index is 2.22. The van der Waals surface area contributed by atoms with Crippen LogP contribution in [0.4, 0.5) is 0 Å². The highest BCUT2D eigenvalue weighted by molar-refractivity contribution is 5.91. The number of ether oxygens (including phenoxy) is 1. The zero-order valence-electron chi connectivity index (χ0n) is 11.4. The molecule has 0 fully saturated rings. The van der Waals surface area contributed by atoms with Crippen LogP contribution in [0.25, 0.3) is 11.1 Å². The first-order chi connectivity index (χ1) is 9.81. The zero-order chi connectivity index (χ0) is 14.2. The monoisotopic (exact) mass is 264 g/mol. The maximum atomic E-state index is 11.7. The summed E-state index contributed by atoms with van der Waals surface area (Å²) in [6.07, 6.45) is 1.64. The zero-order valence-corrected chi connectivity index (χ0v) is 11.4. The third kappa shape index (κ3) is 3.73. The number of unbranched alkanes of at least 4 members (excludes halogenated alkanes) is 1. The van der Waals surface area contributed by atoms with Gasteiger partial charge in [-0.2, -0.15) is 0 Å². The Labute approximate surface area is 119 Å². The maximum Gasteiger partial charge on any atom is 0.389 e. The Bertz CT molecular complexity index is 633. The summed E-state index contributed by atoms with van der Waals surface area (Å²) in [6.45, 7) is 2.02. The van der Waals surface area contributed by atoms with Gasteiger partial charge in [-0.15, -0.1) is 0 Å². The minimum absolute atomic E-state index is 0.512. The Kier molecular flexibility index (Phi) is 4.97. The molecule has 0 unspecified atom stereocenters. The van der Waals surface area contributed by atoms with Crippen molar-refractivity contribution in [2.24, 2.45) is 0 Å². The van der Waals surface area contributed by atoms with Gasteiger partial charge in [0.15, 0.2) is 0 Å². The highest BCUT2D eigenvalue weighted by Crippen LogP contribution is 2.29. The van der Waals surface area contributed by atoms with E-state index in [9.17, 15) is 4.79 Å². The van der Waals surface area contributed by atoms with Crippen LogP contribution in [-0.4, -0.2) is 5.97 Å². The van der Waals surface area contributed by atoms with E-state index in [1.807, 2.05) is 55.5 Å². The van der Waals surface area contributed by atoms with E-state index in [2.05, 4.69) is 11.8 Å². The lowest BCUT2D eigenvalue weighted by Crippen LogP contribution is -2.05. The van der Waals surface area contributed by atoms with E-state index in [1.165, 1.54) is 0 Å². The van der Waals surface area contributed by atoms with Gasteiger partial charge in [0.1, 0.15) is 5.75 Å². The first-order valence-electron chi connectivity index (χ1n) is 6.66. The van der Waals surface area contributed by atoms with Crippen LogP contribution in [-0.2, 0) is 4.79 Å². The average molecular weight is 264 g/mol. The molecule has 0 saturated heterocycles. The second-order valence-electron chi connectivity index (χ2n) is 4.30. The minimum atomic E-state index is -0.512. The third-order valence-corrected chi connectivity index (χ3v) is 2.74. The van der Waals surface area contributed by atoms with Gasteiger partial charge in [-0.25, -0.2) is 4.79 Å². The van der Waals surface area contributed by atoms with Crippen molar-refractivity contribution in [1.82, 2.24) is 0 Å². The number of hydrogen-bond donors (Lipinski definition) is 0. The van der Waals surface area contributed by atoms with Crippen LogP contribution in [0.3, 0.4) is 0 Å². The minimum Gasteiger partial charge on any atom is -0.416 e. The number of para-hydroxylation sites is 1. The molecule has 0 heterocycles. The summed E-state index contributed by atoms with van der Waals surface area (Å²) in [4.78, 5) is 11.7. The SMILES string of the molecule is CCCC#CC(=O)Oc1ccccc1-c1ccccc1. The normalized spacial score (nSPS) is 9.45.